The largest absolute Gasteiger partial charge is 0.462 e. The Hall–Kier alpha value is -3.15. The summed E-state index contributed by atoms with van der Waals surface area (Å²) in [4.78, 5) is 38.3. The van der Waals surface area contributed by atoms with Gasteiger partial charge < -0.3 is 14.2 Å². The van der Waals surface area contributed by atoms with Gasteiger partial charge in [-0.25, -0.2) is 0 Å². The molecule has 0 bridgehead atoms. The first-order chi connectivity index (χ1) is 39.5. The van der Waals surface area contributed by atoms with Gasteiger partial charge in [-0.15, -0.1) is 0 Å². The summed E-state index contributed by atoms with van der Waals surface area (Å²) in [6, 6.07) is 0. The van der Waals surface area contributed by atoms with Crippen molar-refractivity contribution in [2.24, 2.45) is 0 Å². The number of unbranched alkanes of at least 4 members (excludes halogenated alkanes) is 41. The van der Waals surface area contributed by atoms with E-state index in [4.69, 9.17) is 14.2 Å². The highest BCUT2D eigenvalue weighted by Crippen LogP contribution is 2.18. The second kappa shape index (κ2) is 68.3. The Morgan fingerprint density at radius 3 is 0.762 bits per heavy atom. The van der Waals surface area contributed by atoms with Crippen molar-refractivity contribution in [3.8, 4) is 0 Å². The third-order valence-corrected chi connectivity index (χ3v) is 15.5. The average Bonchev–Trinajstić information content (AvgIpc) is 3.46. The normalized spacial score (nSPS) is 12.5. The molecule has 0 amide bonds. The lowest BCUT2D eigenvalue weighted by Crippen LogP contribution is -2.30. The summed E-state index contributed by atoms with van der Waals surface area (Å²) in [6.45, 7) is 6.53. The van der Waals surface area contributed by atoms with Gasteiger partial charge in [0.15, 0.2) is 6.10 Å². The molecule has 0 aromatic heterocycles. The highest BCUT2D eigenvalue weighted by molar-refractivity contribution is 5.71. The number of allylic oxidation sites excluding steroid dienone is 12. The van der Waals surface area contributed by atoms with E-state index in [0.29, 0.717) is 19.3 Å². The molecule has 0 aliphatic carbocycles. The highest BCUT2D eigenvalue weighted by atomic mass is 16.6. The van der Waals surface area contributed by atoms with Crippen LogP contribution in [0.5, 0.6) is 0 Å². The number of esters is 3. The molecule has 0 aromatic rings. The van der Waals surface area contributed by atoms with E-state index in [0.717, 1.165) is 89.9 Å². The minimum Gasteiger partial charge on any atom is -0.462 e. The molecule has 0 aliphatic heterocycles. The van der Waals surface area contributed by atoms with E-state index in [1.807, 2.05) is 0 Å². The van der Waals surface area contributed by atoms with Gasteiger partial charge in [-0.2, -0.15) is 0 Å². The number of carbonyl (C=O) groups is 3. The molecule has 0 fully saturated rings. The van der Waals surface area contributed by atoms with Crippen molar-refractivity contribution in [3.63, 3.8) is 0 Å². The quantitative estimate of drug-likeness (QED) is 0.0261. The molecule has 80 heavy (non-hydrogen) atoms. The summed E-state index contributed by atoms with van der Waals surface area (Å²) >= 11 is 0. The van der Waals surface area contributed by atoms with Crippen molar-refractivity contribution >= 4 is 17.9 Å². The topological polar surface area (TPSA) is 78.9 Å². The van der Waals surface area contributed by atoms with Gasteiger partial charge in [0.1, 0.15) is 13.2 Å². The fourth-order valence-electron chi connectivity index (χ4n) is 10.3. The molecular weight excluding hydrogens is 985 g/mol. The molecule has 0 rings (SSSR count). The van der Waals surface area contributed by atoms with Crippen LogP contribution in [0.4, 0.5) is 0 Å². The van der Waals surface area contributed by atoms with E-state index in [2.05, 4.69) is 93.7 Å². The van der Waals surface area contributed by atoms with Crippen molar-refractivity contribution in [1.82, 2.24) is 0 Å². The van der Waals surface area contributed by atoms with Crippen molar-refractivity contribution in [3.05, 3.63) is 72.9 Å². The number of hydrogen-bond donors (Lipinski definition) is 0. The summed E-state index contributed by atoms with van der Waals surface area (Å²) in [6.07, 6.45) is 89.6. The number of hydrogen-bond acceptors (Lipinski definition) is 6. The summed E-state index contributed by atoms with van der Waals surface area (Å²) in [7, 11) is 0. The number of rotatable bonds is 64. The Bertz CT molecular complexity index is 1470. The molecule has 0 radical (unpaired) electrons. The molecular formula is C74H132O6. The predicted octanol–water partition coefficient (Wildman–Crippen LogP) is 24.1. The van der Waals surface area contributed by atoms with Crippen LogP contribution >= 0.6 is 0 Å². The Labute approximate surface area is 497 Å². The maximum Gasteiger partial charge on any atom is 0.306 e. The lowest BCUT2D eigenvalue weighted by molar-refractivity contribution is -0.167. The van der Waals surface area contributed by atoms with Crippen LogP contribution in [0.2, 0.25) is 0 Å². The highest BCUT2D eigenvalue weighted by Gasteiger charge is 2.19. The summed E-state index contributed by atoms with van der Waals surface area (Å²) in [5, 5.41) is 0. The number of ether oxygens (including phenoxy) is 3. The molecule has 0 heterocycles. The van der Waals surface area contributed by atoms with Crippen LogP contribution in [0, 0.1) is 0 Å². The first-order valence-electron chi connectivity index (χ1n) is 34.9. The Balaban J connectivity index is 4.16. The Morgan fingerprint density at radius 1 is 0.263 bits per heavy atom. The third kappa shape index (κ3) is 65.7. The van der Waals surface area contributed by atoms with Crippen LogP contribution in [0.15, 0.2) is 72.9 Å². The second-order valence-corrected chi connectivity index (χ2v) is 23.4. The fraction of sp³-hybridized carbons (Fsp3) is 0.797. The van der Waals surface area contributed by atoms with E-state index in [1.54, 1.807) is 0 Å². The summed E-state index contributed by atoms with van der Waals surface area (Å²) in [5.41, 5.74) is 0. The van der Waals surface area contributed by atoms with E-state index >= 15 is 0 Å². The van der Waals surface area contributed by atoms with Gasteiger partial charge in [-0.05, 0) is 70.6 Å². The van der Waals surface area contributed by atoms with Gasteiger partial charge in [0.2, 0.25) is 0 Å². The molecule has 1 unspecified atom stereocenters. The summed E-state index contributed by atoms with van der Waals surface area (Å²) in [5.74, 6) is -0.917. The minimum atomic E-state index is -0.796. The average molecular weight is 1120 g/mol. The standard InChI is InChI=1S/C74H132O6/c1-4-7-10-13-16-19-22-24-26-28-30-32-33-34-35-36-37-38-39-40-41-43-44-46-48-50-52-55-58-61-64-67-73(76)79-70-71(69-78-72(75)66-63-60-57-54-21-18-15-12-9-6-3)80-74(77)68-65-62-59-56-53-51-49-47-45-42-31-29-27-25-23-20-17-14-11-8-5-2/h8,11,17,20,25,27,31,42,47,49,53,56,71H,4-7,9-10,12-16,18-19,21-24,26,28-30,32-41,43-46,48,50-52,54-55,57-70H2,1-3H3/b11-8-,20-17-,27-25-,42-31-,49-47-,56-53-. The maximum absolute atomic E-state index is 12.9. The van der Waals surface area contributed by atoms with Crippen LogP contribution in [-0.4, -0.2) is 37.2 Å². The molecule has 1 atom stereocenters. The second-order valence-electron chi connectivity index (χ2n) is 23.4. The molecule has 464 valence electrons. The van der Waals surface area contributed by atoms with Crippen LogP contribution < -0.4 is 0 Å². The monoisotopic (exact) mass is 1120 g/mol. The van der Waals surface area contributed by atoms with Crippen molar-refractivity contribution in [1.29, 1.82) is 0 Å². The zero-order chi connectivity index (χ0) is 57.8. The molecule has 0 aromatic carbocycles. The van der Waals surface area contributed by atoms with E-state index in [1.165, 1.54) is 225 Å². The molecule has 0 saturated carbocycles. The van der Waals surface area contributed by atoms with E-state index in [9.17, 15) is 14.4 Å². The van der Waals surface area contributed by atoms with E-state index in [-0.39, 0.29) is 37.5 Å². The first-order valence-corrected chi connectivity index (χ1v) is 34.9. The third-order valence-electron chi connectivity index (χ3n) is 15.5. The number of carbonyl (C=O) groups excluding carboxylic acids is 3. The van der Waals surface area contributed by atoms with Crippen LogP contribution in [0.25, 0.3) is 0 Å². The Morgan fingerprint density at radius 2 is 0.487 bits per heavy atom. The zero-order valence-electron chi connectivity index (χ0n) is 53.3. The molecule has 0 spiro atoms. The lowest BCUT2D eigenvalue weighted by Gasteiger charge is -2.18. The van der Waals surface area contributed by atoms with Gasteiger partial charge in [-0.1, -0.05) is 344 Å². The molecule has 0 aliphatic rings. The molecule has 0 N–H and O–H groups in total. The van der Waals surface area contributed by atoms with Crippen molar-refractivity contribution in [2.75, 3.05) is 13.2 Å². The Kier molecular flexibility index (Phi) is 65.7. The van der Waals surface area contributed by atoms with Gasteiger partial charge in [0, 0.05) is 19.3 Å². The zero-order valence-corrected chi connectivity index (χ0v) is 53.3. The van der Waals surface area contributed by atoms with Gasteiger partial charge in [0.25, 0.3) is 0 Å². The molecule has 6 nitrogen and oxygen atoms in total. The lowest BCUT2D eigenvalue weighted by atomic mass is 10.0. The maximum atomic E-state index is 12.9. The van der Waals surface area contributed by atoms with Crippen molar-refractivity contribution in [2.45, 2.75) is 367 Å². The van der Waals surface area contributed by atoms with Gasteiger partial charge in [-0.3, -0.25) is 14.4 Å². The fourth-order valence-corrected chi connectivity index (χ4v) is 10.3. The minimum absolute atomic E-state index is 0.0890. The summed E-state index contributed by atoms with van der Waals surface area (Å²) < 4.78 is 16.9. The smallest absolute Gasteiger partial charge is 0.306 e. The van der Waals surface area contributed by atoms with Gasteiger partial charge >= 0.3 is 17.9 Å². The van der Waals surface area contributed by atoms with E-state index < -0.39 is 6.10 Å². The molecule has 0 saturated heterocycles. The van der Waals surface area contributed by atoms with Crippen LogP contribution in [-0.2, 0) is 28.6 Å². The van der Waals surface area contributed by atoms with Gasteiger partial charge in [0.05, 0.1) is 0 Å². The van der Waals surface area contributed by atoms with Crippen molar-refractivity contribution < 1.29 is 28.6 Å². The van der Waals surface area contributed by atoms with Crippen LogP contribution in [0.3, 0.4) is 0 Å². The predicted molar refractivity (Wildman–Crippen MR) is 348 cm³/mol. The SMILES string of the molecule is CC/C=C\C/C=C\C/C=C\C/C=C\C/C=C\C/C=C\CCCCC(=O)OC(COC(=O)CCCCCCCCCCCC)COC(=O)CCCCCCCCCCCCCCCCCCCCCCCCCCCCCCCCC. The first kappa shape index (κ1) is 76.9. The van der Waals surface area contributed by atoms with Crippen LogP contribution in [0.1, 0.15) is 361 Å². The molecule has 6 heteroatoms.